The summed E-state index contributed by atoms with van der Waals surface area (Å²) in [6.07, 6.45) is 0. The summed E-state index contributed by atoms with van der Waals surface area (Å²) in [5.74, 6) is 0. The molecule has 6 nitrogen and oxygen atoms in total. The van der Waals surface area contributed by atoms with Crippen LogP contribution in [0.1, 0.15) is 1.43 Å². The summed E-state index contributed by atoms with van der Waals surface area (Å²) in [4.78, 5) is 8.99. The second-order valence-corrected chi connectivity index (χ2v) is 1.87. The van der Waals surface area contributed by atoms with E-state index in [4.69, 9.17) is 14.7 Å². The van der Waals surface area contributed by atoms with Crippen LogP contribution in [0.3, 0.4) is 0 Å². The van der Waals surface area contributed by atoms with Crippen molar-refractivity contribution >= 4 is 10.3 Å². The molecule has 0 amide bonds. The van der Waals surface area contributed by atoms with Crippen LogP contribution < -0.4 is 29.6 Å². The van der Waals surface area contributed by atoms with E-state index < -0.39 is 14.6 Å². The Morgan fingerprint density at radius 2 is 1.75 bits per heavy atom. The Balaban J connectivity index is -0.000000180. The van der Waals surface area contributed by atoms with Gasteiger partial charge in [0.1, 0.15) is 0 Å². The number of nitrogens with zero attached hydrogens (tertiary/aromatic N) is 1. The third-order valence-electron chi connectivity index (χ3n) is 0.188. The van der Waals surface area contributed by atoms with Gasteiger partial charge in [-0.05, 0) is 0 Å². The predicted octanol–water partition coefficient (Wildman–Crippen LogP) is -3.82. The summed E-state index contributed by atoms with van der Waals surface area (Å²) >= 11 is 0. The SMILES string of the molecule is O=[N+]([O-])S(=O)(=O)O.[H-].[Na+]. The molecule has 0 fully saturated rings. The number of nitro groups is 1. The van der Waals surface area contributed by atoms with Gasteiger partial charge in [-0.1, -0.05) is 0 Å². The molecule has 0 unspecified atom stereocenters. The zero-order valence-electron chi connectivity index (χ0n) is 4.94. The van der Waals surface area contributed by atoms with Gasteiger partial charge >= 0.3 is 39.9 Å². The van der Waals surface area contributed by atoms with Crippen molar-refractivity contribution in [1.82, 2.24) is 0 Å². The molecular formula is H2NNaO5S. The van der Waals surface area contributed by atoms with Gasteiger partial charge in [0.15, 0.2) is 4.33 Å². The Bertz CT molecular complexity index is 171. The summed E-state index contributed by atoms with van der Waals surface area (Å²) in [6, 6.07) is 0. The molecule has 0 bridgehead atoms. The molecule has 0 saturated carbocycles. The third kappa shape index (κ3) is 4.47. The first kappa shape index (κ1) is 11.2. The number of rotatable bonds is 1. The van der Waals surface area contributed by atoms with Crippen molar-refractivity contribution in [1.29, 1.82) is 0 Å². The van der Waals surface area contributed by atoms with Crippen LogP contribution in [0.4, 0.5) is 0 Å². The molecule has 0 aromatic carbocycles. The van der Waals surface area contributed by atoms with Gasteiger partial charge in [-0.3, -0.25) is 0 Å². The molecule has 0 rings (SSSR count). The van der Waals surface area contributed by atoms with Crippen LogP contribution in [-0.2, 0) is 10.3 Å². The topological polar surface area (TPSA) is 97.5 Å². The van der Waals surface area contributed by atoms with Gasteiger partial charge in [-0.2, -0.15) is 0 Å². The second kappa shape index (κ2) is 3.36. The zero-order valence-corrected chi connectivity index (χ0v) is 6.75. The Morgan fingerprint density at radius 1 is 1.62 bits per heavy atom. The Kier molecular flexibility index (Phi) is 4.68. The summed E-state index contributed by atoms with van der Waals surface area (Å²) in [5, 5.41) is 8.99. The van der Waals surface area contributed by atoms with Gasteiger partial charge in [0.2, 0.25) is 0 Å². The van der Waals surface area contributed by atoms with E-state index in [1.165, 1.54) is 0 Å². The van der Waals surface area contributed by atoms with Crippen molar-refractivity contribution in [3.63, 3.8) is 0 Å². The minimum absolute atomic E-state index is 0. The van der Waals surface area contributed by atoms with Crippen molar-refractivity contribution in [3.8, 4) is 0 Å². The van der Waals surface area contributed by atoms with Crippen LogP contribution in [0.15, 0.2) is 0 Å². The first-order chi connectivity index (χ1) is 2.94. The van der Waals surface area contributed by atoms with Crippen molar-refractivity contribution < 1.29 is 48.3 Å². The maximum Gasteiger partial charge on any atom is 1.00 e. The van der Waals surface area contributed by atoms with E-state index in [1.807, 2.05) is 0 Å². The smallest absolute Gasteiger partial charge is 1.00 e. The maximum absolute atomic E-state index is 9.19. The molecular weight excluding hydrogens is 149 g/mol. The van der Waals surface area contributed by atoms with Gasteiger partial charge < -0.3 is 1.43 Å². The van der Waals surface area contributed by atoms with Gasteiger partial charge in [0, 0.05) is 0 Å². The van der Waals surface area contributed by atoms with E-state index in [-0.39, 0.29) is 31.0 Å². The monoisotopic (exact) mass is 151 g/mol. The molecule has 8 heteroatoms. The summed E-state index contributed by atoms with van der Waals surface area (Å²) < 4.78 is 24.0. The molecule has 0 aliphatic carbocycles. The molecule has 0 spiro atoms. The number of hydrogen-bond donors (Lipinski definition) is 1. The van der Waals surface area contributed by atoms with Gasteiger partial charge in [0.25, 0.3) is 0 Å². The van der Waals surface area contributed by atoms with Gasteiger partial charge in [-0.15, -0.1) is 8.42 Å². The van der Waals surface area contributed by atoms with E-state index in [2.05, 4.69) is 0 Å². The largest absolute Gasteiger partial charge is 1.00 e. The molecule has 0 aliphatic rings. The van der Waals surface area contributed by atoms with E-state index in [0.29, 0.717) is 0 Å². The average Bonchev–Trinajstić information content (AvgIpc) is 1.31. The Morgan fingerprint density at radius 3 is 1.75 bits per heavy atom. The quantitative estimate of drug-likeness (QED) is 0.179. The maximum atomic E-state index is 9.19. The second-order valence-electron chi connectivity index (χ2n) is 0.671. The molecule has 8 heavy (non-hydrogen) atoms. The first-order valence-corrected chi connectivity index (χ1v) is 2.46. The van der Waals surface area contributed by atoms with Gasteiger partial charge in [0.05, 0.1) is 0 Å². The molecule has 44 valence electrons. The van der Waals surface area contributed by atoms with Crippen LogP contribution in [-0.4, -0.2) is 17.3 Å². The molecule has 1 N–H and O–H groups in total. The molecule has 0 heterocycles. The predicted molar refractivity (Wildman–Crippen MR) is 19.7 cm³/mol. The van der Waals surface area contributed by atoms with Crippen molar-refractivity contribution in [3.05, 3.63) is 10.1 Å². The molecule has 0 radical (unpaired) electrons. The molecule has 0 aromatic heterocycles. The van der Waals surface area contributed by atoms with Crippen LogP contribution in [0, 0.1) is 10.1 Å². The Hall–Kier alpha value is 0.310. The summed E-state index contributed by atoms with van der Waals surface area (Å²) in [5.41, 5.74) is 0. The fourth-order valence-electron chi connectivity index (χ4n) is 0. The number of hydrogen-bond acceptors (Lipinski definition) is 4. The molecule has 0 saturated heterocycles. The minimum atomic E-state index is -5.02. The Labute approximate surface area is 68.7 Å². The summed E-state index contributed by atoms with van der Waals surface area (Å²) in [6.45, 7) is 0. The van der Waals surface area contributed by atoms with Crippen LogP contribution >= 0.6 is 0 Å². The van der Waals surface area contributed by atoms with Crippen molar-refractivity contribution in [2.75, 3.05) is 0 Å². The zero-order chi connectivity index (χ0) is 6.08. The summed E-state index contributed by atoms with van der Waals surface area (Å²) in [7, 11) is -5.02. The average molecular weight is 151 g/mol. The van der Waals surface area contributed by atoms with E-state index in [1.54, 1.807) is 0 Å². The standard InChI is InChI=1S/HNO5S.Na.H/c2-1(3)7(4,5)6;;/h(H,4,5,6);;/q;+1;-1. The minimum Gasteiger partial charge on any atom is -1.00 e. The fourth-order valence-corrected chi connectivity index (χ4v) is 0. The van der Waals surface area contributed by atoms with E-state index in [0.717, 1.165) is 0 Å². The van der Waals surface area contributed by atoms with E-state index in [9.17, 15) is 8.42 Å². The molecule has 0 aromatic rings. The first-order valence-electron chi connectivity index (χ1n) is 1.06. The normalized spacial score (nSPS) is 9.62. The van der Waals surface area contributed by atoms with Gasteiger partial charge in [-0.25, -0.2) is 14.7 Å². The third-order valence-corrected chi connectivity index (χ3v) is 0.565. The molecule has 0 aliphatic heterocycles. The van der Waals surface area contributed by atoms with Crippen LogP contribution in [0.5, 0.6) is 0 Å². The van der Waals surface area contributed by atoms with Crippen molar-refractivity contribution in [2.24, 2.45) is 0 Å². The fraction of sp³-hybridized carbons (Fsp3) is 0. The van der Waals surface area contributed by atoms with Crippen LogP contribution in [0.25, 0.3) is 0 Å². The van der Waals surface area contributed by atoms with Crippen molar-refractivity contribution in [2.45, 2.75) is 0 Å². The van der Waals surface area contributed by atoms with E-state index >= 15 is 0 Å². The molecule has 0 atom stereocenters. The van der Waals surface area contributed by atoms with Crippen LogP contribution in [0.2, 0.25) is 0 Å².